The number of carbonyl (C=O) groups excluding carboxylic acids is 3. The van der Waals surface area contributed by atoms with Crippen LogP contribution in [0.5, 0.6) is 0 Å². The first-order valence-corrected chi connectivity index (χ1v) is 6.01. The molecular weight excluding hydrogens is 268 g/mol. The molecule has 3 atom stereocenters. The molecule has 0 aliphatic heterocycles. The maximum Gasteiger partial charge on any atom is 0.322 e. The van der Waals surface area contributed by atoms with Crippen molar-refractivity contribution in [2.75, 3.05) is 6.54 Å². The molecule has 9 nitrogen and oxygen atoms in total. The summed E-state index contributed by atoms with van der Waals surface area (Å²) in [5, 5.41) is 15.2. The zero-order chi connectivity index (χ0) is 15.9. The minimum atomic E-state index is -1.19. The van der Waals surface area contributed by atoms with Crippen LogP contribution in [0.1, 0.15) is 20.8 Å². The number of carbonyl (C=O) groups is 4. The van der Waals surface area contributed by atoms with E-state index in [0.717, 1.165) is 0 Å². The van der Waals surface area contributed by atoms with Crippen molar-refractivity contribution in [3.8, 4) is 0 Å². The first-order chi connectivity index (χ1) is 9.15. The summed E-state index contributed by atoms with van der Waals surface area (Å²) in [5.74, 6) is -2.88. The fraction of sp³-hybridized carbons (Fsp3) is 0.636. The molecule has 3 amide bonds. The zero-order valence-corrected chi connectivity index (χ0v) is 11.6. The van der Waals surface area contributed by atoms with Crippen LogP contribution in [-0.2, 0) is 19.2 Å². The highest BCUT2D eigenvalue weighted by molar-refractivity contribution is 5.93. The standard InChI is InChI=1S/C11H20N4O5/c1-5(12)9(18)14-7(3)11(20)15-6(2)10(19)13-4-8(16)17/h5-7H,4,12H2,1-3H3,(H,13,19)(H,14,18)(H,15,20)(H,16,17)/t5-,6-,7+/m0/s1. The number of nitrogens with two attached hydrogens (primary N) is 1. The topological polar surface area (TPSA) is 151 Å². The molecule has 0 unspecified atom stereocenters. The van der Waals surface area contributed by atoms with E-state index in [-0.39, 0.29) is 0 Å². The minimum absolute atomic E-state index is 0.490. The van der Waals surface area contributed by atoms with Gasteiger partial charge in [-0.3, -0.25) is 19.2 Å². The maximum absolute atomic E-state index is 11.7. The van der Waals surface area contributed by atoms with Crippen molar-refractivity contribution in [3.05, 3.63) is 0 Å². The van der Waals surface area contributed by atoms with E-state index in [2.05, 4.69) is 16.0 Å². The van der Waals surface area contributed by atoms with Gasteiger partial charge in [0.25, 0.3) is 0 Å². The number of aliphatic carboxylic acids is 1. The highest BCUT2D eigenvalue weighted by Gasteiger charge is 2.21. The van der Waals surface area contributed by atoms with Gasteiger partial charge in [0, 0.05) is 0 Å². The molecule has 114 valence electrons. The molecule has 6 N–H and O–H groups in total. The molecule has 0 aromatic heterocycles. The van der Waals surface area contributed by atoms with Crippen LogP contribution in [0.3, 0.4) is 0 Å². The number of rotatable bonds is 7. The summed E-state index contributed by atoms with van der Waals surface area (Å²) in [4.78, 5) is 44.7. The van der Waals surface area contributed by atoms with Gasteiger partial charge in [-0.2, -0.15) is 0 Å². The molecule has 0 aromatic rings. The number of carboxylic acids is 1. The molecule has 0 aliphatic carbocycles. The van der Waals surface area contributed by atoms with Crippen molar-refractivity contribution in [1.82, 2.24) is 16.0 Å². The van der Waals surface area contributed by atoms with Gasteiger partial charge in [-0.05, 0) is 20.8 Å². The Morgan fingerprint density at radius 2 is 1.40 bits per heavy atom. The lowest BCUT2D eigenvalue weighted by atomic mass is 10.2. The van der Waals surface area contributed by atoms with Crippen molar-refractivity contribution in [1.29, 1.82) is 0 Å². The Balaban J connectivity index is 4.27. The molecule has 9 heteroatoms. The van der Waals surface area contributed by atoms with Crippen molar-refractivity contribution in [2.24, 2.45) is 5.73 Å². The lowest BCUT2D eigenvalue weighted by molar-refractivity contribution is -0.138. The summed E-state index contributed by atoms with van der Waals surface area (Å²) in [7, 11) is 0. The monoisotopic (exact) mass is 288 g/mol. The first-order valence-electron chi connectivity index (χ1n) is 6.01. The fourth-order valence-corrected chi connectivity index (χ4v) is 1.13. The van der Waals surface area contributed by atoms with Crippen LogP contribution in [0.15, 0.2) is 0 Å². The number of amides is 3. The SMILES string of the molecule is C[C@H](N)C(=O)N[C@H](C)C(=O)N[C@@H](C)C(=O)NCC(=O)O. The van der Waals surface area contributed by atoms with E-state index >= 15 is 0 Å². The van der Waals surface area contributed by atoms with Gasteiger partial charge >= 0.3 is 5.97 Å². The van der Waals surface area contributed by atoms with E-state index in [4.69, 9.17) is 10.8 Å². The van der Waals surface area contributed by atoms with Crippen LogP contribution in [0, 0.1) is 0 Å². The third-order valence-electron chi connectivity index (χ3n) is 2.33. The van der Waals surface area contributed by atoms with E-state index in [1.807, 2.05) is 0 Å². The molecule has 0 saturated heterocycles. The highest BCUT2D eigenvalue weighted by atomic mass is 16.4. The third-order valence-corrected chi connectivity index (χ3v) is 2.33. The van der Waals surface area contributed by atoms with Gasteiger partial charge in [0.05, 0.1) is 6.04 Å². The third kappa shape index (κ3) is 6.69. The summed E-state index contributed by atoms with van der Waals surface area (Å²) in [6.45, 7) is 3.78. The molecule has 0 spiro atoms. The van der Waals surface area contributed by atoms with Gasteiger partial charge in [0.1, 0.15) is 18.6 Å². The summed E-state index contributed by atoms with van der Waals surface area (Å²) in [5.41, 5.74) is 5.34. The molecule has 0 radical (unpaired) electrons. The molecule has 0 fully saturated rings. The molecule has 0 aliphatic rings. The summed E-state index contributed by atoms with van der Waals surface area (Å²) < 4.78 is 0. The van der Waals surface area contributed by atoms with Gasteiger partial charge in [0.15, 0.2) is 0 Å². The van der Waals surface area contributed by atoms with Crippen molar-refractivity contribution in [2.45, 2.75) is 38.9 Å². The second kappa shape index (κ2) is 8.10. The minimum Gasteiger partial charge on any atom is -0.480 e. The Kier molecular flexibility index (Phi) is 7.22. The van der Waals surface area contributed by atoms with Crippen LogP contribution in [0.25, 0.3) is 0 Å². The largest absolute Gasteiger partial charge is 0.480 e. The molecular formula is C11H20N4O5. The average molecular weight is 288 g/mol. The number of hydrogen-bond donors (Lipinski definition) is 5. The van der Waals surface area contributed by atoms with Crippen LogP contribution < -0.4 is 21.7 Å². The van der Waals surface area contributed by atoms with E-state index in [0.29, 0.717) is 0 Å². The zero-order valence-electron chi connectivity index (χ0n) is 11.6. The predicted octanol–water partition coefficient (Wildman–Crippen LogP) is -2.46. The van der Waals surface area contributed by atoms with Gasteiger partial charge in [-0.25, -0.2) is 0 Å². The molecule has 20 heavy (non-hydrogen) atoms. The number of carboxylic acid groups (broad SMARTS) is 1. The smallest absolute Gasteiger partial charge is 0.322 e. The normalized spacial score (nSPS) is 14.6. The second-order valence-electron chi connectivity index (χ2n) is 4.36. The second-order valence-corrected chi connectivity index (χ2v) is 4.36. The summed E-state index contributed by atoms with van der Waals surface area (Å²) in [6, 6.07) is -2.53. The van der Waals surface area contributed by atoms with E-state index in [1.165, 1.54) is 20.8 Å². The first kappa shape index (κ1) is 17.8. The average Bonchev–Trinajstić information content (AvgIpc) is 2.35. The van der Waals surface area contributed by atoms with Crippen LogP contribution in [-0.4, -0.2) is 53.5 Å². The van der Waals surface area contributed by atoms with E-state index < -0.39 is 48.4 Å². The number of nitrogens with one attached hydrogen (secondary N) is 3. The van der Waals surface area contributed by atoms with E-state index in [1.54, 1.807) is 0 Å². The van der Waals surface area contributed by atoms with Gasteiger partial charge in [-0.1, -0.05) is 0 Å². The quantitative estimate of drug-likeness (QED) is 0.350. The lowest BCUT2D eigenvalue weighted by Gasteiger charge is -2.18. The Morgan fingerprint density at radius 1 is 0.950 bits per heavy atom. The lowest BCUT2D eigenvalue weighted by Crippen LogP contribution is -2.53. The molecule has 0 heterocycles. The fourth-order valence-electron chi connectivity index (χ4n) is 1.13. The maximum atomic E-state index is 11.7. The van der Waals surface area contributed by atoms with Gasteiger partial charge in [0.2, 0.25) is 17.7 Å². The highest BCUT2D eigenvalue weighted by Crippen LogP contribution is 1.89. The van der Waals surface area contributed by atoms with Gasteiger partial charge in [-0.15, -0.1) is 0 Å². The van der Waals surface area contributed by atoms with Crippen molar-refractivity contribution < 1.29 is 24.3 Å². The Labute approximate surface area is 116 Å². The van der Waals surface area contributed by atoms with Crippen molar-refractivity contribution in [3.63, 3.8) is 0 Å². The Morgan fingerprint density at radius 3 is 1.85 bits per heavy atom. The predicted molar refractivity (Wildman–Crippen MR) is 69.5 cm³/mol. The molecule has 0 rings (SSSR count). The van der Waals surface area contributed by atoms with E-state index in [9.17, 15) is 19.2 Å². The Hall–Kier alpha value is -2.16. The molecule has 0 saturated carbocycles. The van der Waals surface area contributed by atoms with Crippen molar-refractivity contribution >= 4 is 23.7 Å². The van der Waals surface area contributed by atoms with Gasteiger partial charge < -0.3 is 26.8 Å². The summed E-state index contributed by atoms with van der Waals surface area (Å²) >= 11 is 0. The molecule has 0 aromatic carbocycles. The van der Waals surface area contributed by atoms with Crippen LogP contribution in [0.4, 0.5) is 0 Å². The van der Waals surface area contributed by atoms with Crippen LogP contribution >= 0.6 is 0 Å². The molecule has 0 bridgehead atoms. The Bertz CT molecular complexity index is 396. The summed E-state index contributed by atoms with van der Waals surface area (Å²) in [6.07, 6.45) is 0. The number of hydrogen-bond acceptors (Lipinski definition) is 5. The van der Waals surface area contributed by atoms with Crippen LogP contribution in [0.2, 0.25) is 0 Å².